The lowest BCUT2D eigenvalue weighted by molar-refractivity contribution is 0.378. The van der Waals surface area contributed by atoms with Gasteiger partial charge in [0.15, 0.2) is 0 Å². The molecule has 20 heavy (non-hydrogen) atoms. The molecule has 0 unspecified atom stereocenters. The Labute approximate surface area is 115 Å². The van der Waals surface area contributed by atoms with Crippen molar-refractivity contribution in [2.45, 2.75) is 25.7 Å². The minimum absolute atomic E-state index is 0.0907. The first-order valence-electron chi connectivity index (χ1n) is 6.31. The van der Waals surface area contributed by atoms with Crippen molar-refractivity contribution in [3.8, 4) is 11.9 Å². The molecule has 1 aliphatic rings. The summed E-state index contributed by atoms with van der Waals surface area (Å²) in [6, 6.07) is 3.96. The van der Waals surface area contributed by atoms with Gasteiger partial charge in [-0.25, -0.2) is 0 Å². The van der Waals surface area contributed by atoms with Gasteiger partial charge in [-0.3, -0.25) is 5.10 Å². The minimum Gasteiger partial charge on any atom is -0.472 e. The molecule has 6 heteroatoms. The molecule has 3 heterocycles. The van der Waals surface area contributed by atoms with Gasteiger partial charge in [0.2, 0.25) is 11.8 Å². The van der Waals surface area contributed by atoms with Crippen molar-refractivity contribution in [1.29, 1.82) is 5.26 Å². The summed E-state index contributed by atoms with van der Waals surface area (Å²) in [6.07, 6.45) is 3.19. The average molecular weight is 270 g/mol. The van der Waals surface area contributed by atoms with Gasteiger partial charge in [0.25, 0.3) is 0 Å². The summed E-state index contributed by atoms with van der Waals surface area (Å²) in [7, 11) is 0. The SMILES string of the molecule is CC(C)c1[nH]nc2c1[C@H](c1ccoc1)C(C#N)=C(N)O2. The van der Waals surface area contributed by atoms with Gasteiger partial charge < -0.3 is 14.9 Å². The van der Waals surface area contributed by atoms with E-state index >= 15 is 0 Å². The van der Waals surface area contributed by atoms with Crippen LogP contribution in [-0.4, -0.2) is 10.2 Å². The summed E-state index contributed by atoms with van der Waals surface area (Å²) in [5.41, 5.74) is 8.86. The summed E-state index contributed by atoms with van der Waals surface area (Å²) in [5, 5.41) is 16.5. The van der Waals surface area contributed by atoms with Crippen LogP contribution in [0.5, 0.6) is 5.88 Å². The molecule has 0 aliphatic carbocycles. The smallest absolute Gasteiger partial charge is 0.244 e. The van der Waals surface area contributed by atoms with Gasteiger partial charge in [-0.2, -0.15) is 5.26 Å². The largest absolute Gasteiger partial charge is 0.472 e. The predicted molar refractivity (Wildman–Crippen MR) is 70.7 cm³/mol. The van der Waals surface area contributed by atoms with Gasteiger partial charge in [0.05, 0.1) is 24.0 Å². The summed E-state index contributed by atoms with van der Waals surface area (Å²) in [4.78, 5) is 0. The third-order valence-corrected chi connectivity index (χ3v) is 3.42. The molecule has 0 saturated heterocycles. The molecule has 2 aromatic rings. The number of nitrogens with one attached hydrogen (secondary N) is 1. The number of nitrogens with two attached hydrogens (primary N) is 1. The second-order valence-corrected chi connectivity index (χ2v) is 4.99. The lowest BCUT2D eigenvalue weighted by atomic mass is 9.83. The Balaban J connectivity index is 2.24. The Morgan fingerprint density at radius 3 is 2.90 bits per heavy atom. The number of fused-ring (bicyclic) bond motifs is 1. The number of hydrogen-bond acceptors (Lipinski definition) is 5. The molecule has 0 aromatic carbocycles. The first-order valence-corrected chi connectivity index (χ1v) is 6.31. The number of ether oxygens (including phenoxy) is 1. The van der Waals surface area contributed by atoms with Gasteiger partial charge in [-0.05, 0) is 12.0 Å². The molecule has 0 radical (unpaired) electrons. The Morgan fingerprint density at radius 2 is 2.30 bits per heavy atom. The second kappa shape index (κ2) is 4.46. The van der Waals surface area contributed by atoms with Crippen LogP contribution in [0.2, 0.25) is 0 Å². The van der Waals surface area contributed by atoms with Crippen LogP contribution in [0, 0.1) is 11.3 Å². The minimum atomic E-state index is -0.307. The van der Waals surface area contributed by atoms with Crippen molar-refractivity contribution in [2.75, 3.05) is 0 Å². The van der Waals surface area contributed by atoms with Gasteiger partial charge in [0, 0.05) is 11.3 Å². The molecular formula is C14H14N4O2. The van der Waals surface area contributed by atoms with E-state index in [0.717, 1.165) is 16.8 Å². The van der Waals surface area contributed by atoms with Crippen LogP contribution in [0.25, 0.3) is 0 Å². The Bertz CT molecular complexity index is 704. The van der Waals surface area contributed by atoms with Gasteiger partial charge in [-0.15, -0.1) is 5.10 Å². The van der Waals surface area contributed by atoms with E-state index in [4.69, 9.17) is 14.9 Å². The molecule has 0 bridgehead atoms. The molecular weight excluding hydrogens is 256 g/mol. The van der Waals surface area contributed by atoms with E-state index in [0.29, 0.717) is 11.5 Å². The van der Waals surface area contributed by atoms with Crippen LogP contribution in [-0.2, 0) is 0 Å². The lowest BCUT2D eigenvalue weighted by Gasteiger charge is -2.23. The summed E-state index contributed by atoms with van der Waals surface area (Å²) in [6.45, 7) is 4.10. The fraction of sp³-hybridized carbons (Fsp3) is 0.286. The van der Waals surface area contributed by atoms with Crippen molar-refractivity contribution < 1.29 is 9.15 Å². The number of nitrogens with zero attached hydrogens (tertiary/aromatic N) is 2. The Morgan fingerprint density at radius 1 is 1.50 bits per heavy atom. The van der Waals surface area contributed by atoms with E-state index < -0.39 is 0 Å². The molecule has 0 spiro atoms. The first kappa shape index (κ1) is 12.4. The lowest BCUT2D eigenvalue weighted by Crippen LogP contribution is -2.21. The highest BCUT2D eigenvalue weighted by Crippen LogP contribution is 2.44. The number of aromatic amines is 1. The number of nitriles is 1. The van der Waals surface area contributed by atoms with Gasteiger partial charge in [-0.1, -0.05) is 13.8 Å². The zero-order valence-corrected chi connectivity index (χ0v) is 11.2. The van der Waals surface area contributed by atoms with Crippen LogP contribution in [0.4, 0.5) is 0 Å². The van der Waals surface area contributed by atoms with Crippen LogP contribution in [0.3, 0.4) is 0 Å². The van der Waals surface area contributed by atoms with Gasteiger partial charge in [0.1, 0.15) is 11.6 Å². The predicted octanol–water partition coefficient (Wildman–Crippen LogP) is 2.34. The monoisotopic (exact) mass is 270 g/mol. The Hall–Kier alpha value is -2.68. The van der Waals surface area contributed by atoms with E-state index in [9.17, 15) is 5.26 Å². The number of hydrogen-bond donors (Lipinski definition) is 2. The number of aromatic nitrogens is 2. The normalized spacial score (nSPS) is 17.8. The average Bonchev–Trinajstić information content (AvgIpc) is 3.05. The summed E-state index contributed by atoms with van der Waals surface area (Å²) >= 11 is 0. The van der Waals surface area contributed by atoms with E-state index in [-0.39, 0.29) is 17.7 Å². The molecule has 0 amide bonds. The maximum atomic E-state index is 9.39. The third-order valence-electron chi connectivity index (χ3n) is 3.42. The molecule has 3 N–H and O–H groups in total. The molecule has 0 fully saturated rings. The zero-order valence-electron chi connectivity index (χ0n) is 11.2. The quantitative estimate of drug-likeness (QED) is 0.872. The van der Waals surface area contributed by atoms with Crippen molar-refractivity contribution in [3.63, 3.8) is 0 Å². The molecule has 0 saturated carbocycles. The highest BCUT2D eigenvalue weighted by molar-refractivity contribution is 5.55. The van der Waals surface area contributed by atoms with E-state index in [1.807, 2.05) is 19.9 Å². The van der Waals surface area contributed by atoms with E-state index in [1.165, 1.54) is 0 Å². The zero-order chi connectivity index (χ0) is 14.3. The van der Waals surface area contributed by atoms with E-state index in [2.05, 4.69) is 16.3 Å². The highest BCUT2D eigenvalue weighted by atomic mass is 16.5. The molecule has 2 aromatic heterocycles. The fourth-order valence-electron chi connectivity index (χ4n) is 2.48. The second-order valence-electron chi connectivity index (χ2n) is 4.99. The molecule has 6 nitrogen and oxygen atoms in total. The number of furan rings is 1. The molecule has 3 rings (SSSR count). The van der Waals surface area contributed by atoms with Crippen molar-refractivity contribution in [2.24, 2.45) is 5.73 Å². The van der Waals surface area contributed by atoms with Crippen LogP contribution < -0.4 is 10.5 Å². The molecule has 1 aliphatic heterocycles. The van der Waals surface area contributed by atoms with Crippen molar-refractivity contribution >= 4 is 0 Å². The fourth-order valence-corrected chi connectivity index (χ4v) is 2.48. The first-order chi connectivity index (χ1) is 9.63. The standard InChI is InChI=1S/C14H14N4O2/c1-7(2)12-11-10(8-3-4-19-6-8)9(5-15)13(16)20-14(11)18-17-12/h3-4,6-7,10H,16H2,1-2H3,(H,17,18)/t10-/m1/s1. The van der Waals surface area contributed by atoms with Crippen LogP contribution >= 0.6 is 0 Å². The van der Waals surface area contributed by atoms with Crippen molar-refractivity contribution in [3.05, 3.63) is 46.9 Å². The van der Waals surface area contributed by atoms with E-state index in [1.54, 1.807) is 12.5 Å². The van der Waals surface area contributed by atoms with Crippen LogP contribution in [0.1, 0.15) is 42.5 Å². The topological polar surface area (TPSA) is 101 Å². The summed E-state index contributed by atoms with van der Waals surface area (Å²) in [5.74, 6) is 0.437. The van der Waals surface area contributed by atoms with Crippen LogP contribution in [0.15, 0.2) is 34.5 Å². The Kier molecular flexibility index (Phi) is 2.75. The number of allylic oxidation sites excluding steroid dienone is 1. The maximum absolute atomic E-state index is 9.39. The number of rotatable bonds is 2. The molecule has 1 atom stereocenters. The maximum Gasteiger partial charge on any atom is 0.244 e. The molecule has 102 valence electrons. The van der Waals surface area contributed by atoms with Gasteiger partial charge >= 0.3 is 0 Å². The third kappa shape index (κ3) is 1.67. The van der Waals surface area contributed by atoms with Crippen molar-refractivity contribution in [1.82, 2.24) is 10.2 Å². The number of H-pyrrole nitrogens is 1. The summed E-state index contributed by atoms with van der Waals surface area (Å²) < 4.78 is 10.6. The highest BCUT2D eigenvalue weighted by Gasteiger charge is 2.36.